The second kappa shape index (κ2) is 7.61. The number of aryl methyl sites for hydroxylation is 2. The molecule has 0 spiro atoms. The topological polar surface area (TPSA) is 63.2 Å². The predicted molar refractivity (Wildman–Crippen MR) is 98.1 cm³/mol. The van der Waals surface area contributed by atoms with Crippen LogP contribution in [0.5, 0.6) is 0 Å². The van der Waals surface area contributed by atoms with Crippen molar-refractivity contribution in [1.29, 1.82) is 10.7 Å². The average molecular weight is 322 g/mol. The number of nitrogens with zero attached hydrogens (tertiary/aromatic N) is 3. The zero-order valence-corrected chi connectivity index (χ0v) is 14.0. The Labute approximate surface area is 141 Å². The molecule has 0 aliphatic carbocycles. The highest BCUT2D eigenvalue weighted by atomic mass is 32.2. The van der Waals surface area contributed by atoms with E-state index >= 15 is 0 Å². The Bertz CT molecular complexity index is 760. The lowest BCUT2D eigenvalue weighted by Crippen LogP contribution is -2.21. The van der Waals surface area contributed by atoms with E-state index in [-0.39, 0.29) is 0 Å². The van der Waals surface area contributed by atoms with E-state index < -0.39 is 0 Å². The normalized spacial score (nSPS) is 9.96. The highest BCUT2D eigenvalue weighted by molar-refractivity contribution is 8.13. The molecule has 4 nitrogen and oxygen atoms in total. The largest absolute Gasteiger partial charge is 0.277 e. The molecule has 1 N–H and O–H groups in total. The molecule has 0 heterocycles. The minimum atomic E-state index is 0.313. The first-order valence-corrected chi connectivity index (χ1v) is 8.08. The number of hydrogen-bond donors (Lipinski definition) is 1. The van der Waals surface area contributed by atoms with Crippen LogP contribution in [0.4, 0.5) is 5.69 Å². The molecule has 23 heavy (non-hydrogen) atoms. The maximum Gasteiger partial charge on any atom is 0.182 e. The lowest BCUT2D eigenvalue weighted by Gasteiger charge is -2.19. The van der Waals surface area contributed by atoms with Crippen molar-refractivity contribution in [3.63, 3.8) is 0 Å². The summed E-state index contributed by atoms with van der Waals surface area (Å²) in [7, 11) is 0. The fourth-order valence-electron chi connectivity index (χ4n) is 2.01. The summed E-state index contributed by atoms with van der Waals surface area (Å²) in [5, 5.41) is 22.8. The minimum Gasteiger partial charge on any atom is -0.277 e. The Morgan fingerprint density at radius 1 is 1.22 bits per heavy atom. The Hall–Kier alpha value is -2.58. The standard InChI is InChI=1S/C18H18N4S/c1-13-4-9-17(10-14(13)2)22(21-3)18(20)23-12-16-7-5-15(11-19)6-8-16/h4-10,20H,3,12H2,1-2H3. The number of rotatable bonds is 4. The number of hydrazone groups is 1. The Balaban J connectivity index is 2.06. The molecule has 0 amide bonds. The minimum absolute atomic E-state index is 0.313. The van der Waals surface area contributed by atoms with E-state index in [1.807, 2.05) is 37.3 Å². The number of amidine groups is 1. The Morgan fingerprint density at radius 3 is 2.48 bits per heavy atom. The molecule has 2 rings (SSSR count). The monoisotopic (exact) mass is 322 g/mol. The summed E-state index contributed by atoms with van der Waals surface area (Å²) in [4.78, 5) is 0. The molecule has 2 aromatic rings. The van der Waals surface area contributed by atoms with Crippen LogP contribution in [0, 0.1) is 30.6 Å². The first-order valence-electron chi connectivity index (χ1n) is 7.09. The fraction of sp³-hybridized carbons (Fsp3) is 0.167. The van der Waals surface area contributed by atoms with E-state index in [4.69, 9.17) is 10.7 Å². The summed E-state index contributed by atoms with van der Waals surface area (Å²) in [5.41, 5.74) is 4.89. The average Bonchev–Trinajstić information content (AvgIpc) is 2.57. The van der Waals surface area contributed by atoms with Crippen molar-refractivity contribution in [2.75, 3.05) is 5.01 Å². The van der Waals surface area contributed by atoms with Crippen LogP contribution in [0.25, 0.3) is 0 Å². The second-order valence-electron chi connectivity index (χ2n) is 5.12. The first kappa shape index (κ1) is 16.8. The van der Waals surface area contributed by atoms with Crippen LogP contribution in [0.1, 0.15) is 22.3 Å². The number of anilines is 1. The summed E-state index contributed by atoms with van der Waals surface area (Å²) in [5.74, 6) is 0.640. The van der Waals surface area contributed by atoms with Gasteiger partial charge in [-0.3, -0.25) is 5.41 Å². The summed E-state index contributed by atoms with van der Waals surface area (Å²) in [6.45, 7) is 7.66. The van der Waals surface area contributed by atoms with Gasteiger partial charge >= 0.3 is 0 Å². The predicted octanol–water partition coefficient (Wildman–Crippen LogP) is 4.47. The molecule has 0 fully saturated rings. The molecule has 116 valence electrons. The lowest BCUT2D eigenvalue weighted by molar-refractivity contribution is 1.13. The van der Waals surface area contributed by atoms with E-state index in [1.165, 1.54) is 22.3 Å². The number of nitrogens with one attached hydrogen (secondary N) is 1. The molecule has 2 aromatic carbocycles. The van der Waals surface area contributed by atoms with E-state index in [0.29, 0.717) is 16.5 Å². The van der Waals surface area contributed by atoms with Crippen molar-refractivity contribution >= 4 is 29.3 Å². The van der Waals surface area contributed by atoms with Crippen LogP contribution in [-0.4, -0.2) is 11.9 Å². The maximum atomic E-state index is 8.80. The molecule has 0 atom stereocenters. The van der Waals surface area contributed by atoms with Gasteiger partial charge in [0.25, 0.3) is 0 Å². The van der Waals surface area contributed by atoms with Gasteiger partial charge in [0.05, 0.1) is 17.3 Å². The summed E-state index contributed by atoms with van der Waals surface area (Å²) in [6, 6.07) is 15.4. The zero-order valence-electron chi connectivity index (χ0n) is 13.2. The molecule has 0 radical (unpaired) electrons. The van der Waals surface area contributed by atoms with Crippen LogP contribution in [0.2, 0.25) is 0 Å². The van der Waals surface area contributed by atoms with Gasteiger partial charge in [-0.25, -0.2) is 5.01 Å². The van der Waals surface area contributed by atoms with E-state index in [0.717, 1.165) is 16.8 Å². The van der Waals surface area contributed by atoms with Crippen LogP contribution < -0.4 is 5.01 Å². The van der Waals surface area contributed by atoms with Gasteiger partial charge in [0.1, 0.15) is 0 Å². The second-order valence-corrected chi connectivity index (χ2v) is 6.09. The van der Waals surface area contributed by atoms with Crippen LogP contribution in [-0.2, 0) is 5.75 Å². The first-order chi connectivity index (χ1) is 11.0. The lowest BCUT2D eigenvalue weighted by atomic mass is 10.1. The number of thioether (sulfide) groups is 1. The smallest absolute Gasteiger partial charge is 0.182 e. The summed E-state index contributed by atoms with van der Waals surface area (Å²) in [6.07, 6.45) is 0. The van der Waals surface area contributed by atoms with Crippen molar-refractivity contribution in [2.45, 2.75) is 19.6 Å². The number of benzene rings is 2. The quantitative estimate of drug-likeness (QED) is 0.513. The maximum absolute atomic E-state index is 8.80. The highest BCUT2D eigenvalue weighted by Gasteiger charge is 2.12. The SMILES string of the molecule is C=NN(C(=N)SCc1ccc(C#N)cc1)c1ccc(C)c(C)c1. The van der Waals surface area contributed by atoms with Gasteiger partial charge < -0.3 is 0 Å². The van der Waals surface area contributed by atoms with Gasteiger partial charge in [-0.15, -0.1) is 0 Å². The molecule has 0 aromatic heterocycles. The van der Waals surface area contributed by atoms with Gasteiger partial charge in [-0.1, -0.05) is 30.0 Å². The van der Waals surface area contributed by atoms with Crippen molar-refractivity contribution in [1.82, 2.24) is 0 Å². The molecular weight excluding hydrogens is 304 g/mol. The van der Waals surface area contributed by atoms with E-state index in [9.17, 15) is 0 Å². The number of hydrogen-bond acceptors (Lipinski definition) is 4. The van der Waals surface area contributed by atoms with Gasteiger partial charge in [0.2, 0.25) is 0 Å². The molecule has 0 saturated heterocycles. The van der Waals surface area contributed by atoms with Crippen molar-refractivity contribution in [2.24, 2.45) is 5.10 Å². The third kappa shape index (κ3) is 4.21. The third-order valence-electron chi connectivity index (χ3n) is 3.53. The number of nitriles is 1. The van der Waals surface area contributed by atoms with Crippen LogP contribution in [0.3, 0.4) is 0 Å². The summed E-state index contributed by atoms with van der Waals surface area (Å²) >= 11 is 1.37. The van der Waals surface area contributed by atoms with E-state index in [2.05, 4.69) is 24.8 Å². The molecule has 5 heteroatoms. The molecule has 0 aliphatic heterocycles. The molecular formula is C18H18N4S. The molecule has 0 saturated carbocycles. The van der Waals surface area contributed by atoms with Crippen LogP contribution in [0.15, 0.2) is 47.6 Å². The zero-order chi connectivity index (χ0) is 16.8. The van der Waals surface area contributed by atoms with Gasteiger partial charge in [-0.2, -0.15) is 10.4 Å². The highest BCUT2D eigenvalue weighted by Crippen LogP contribution is 2.24. The van der Waals surface area contributed by atoms with Gasteiger partial charge in [0, 0.05) is 12.5 Å². The molecule has 0 unspecified atom stereocenters. The molecule has 0 aliphatic rings. The van der Waals surface area contributed by atoms with Crippen LogP contribution >= 0.6 is 11.8 Å². The van der Waals surface area contributed by atoms with Crippen molar-refractivity contribution < 1.29 is 0 Å². The Kier molecular flexibility index (Phi) is 5.56. The van der Waals surface area contributed by atoms with Gasteiger partial charge in [0.15, 0.2) is 5.17 Å². The molecule has 0 bridgehead atoms. The van der Waals surface area contributed by atoms with Crippen molar-refractivity contribution in [3.05, 3.63) is 64.7 Å². The third-order valence-corrected chi connectivity index (χ3v) is 4.45. The van der Waals surface area contributed by atoms with Crippen molar-refractivity contribution in [3.8, 4) is 6.07 Å². The Morgan fingerprint density at radius 2 is 1.91 bits per heavy atom. The fourth-order valence-corrected chi connectivity index (χ4v) is 2.79. The van der Waals surface area contributed by atoms with Gasteiger partial charge in [-0.05, 0) is 54.8 Å². The summed E-state index contributed by atoms with van der Waals surface area (Å²) < 4.78 is 0. The van der Waals surface area contributed by atoms with E-state index in [1.54, 1.807) is 12.1 Å².